The Morgan fingerprint density at radius 3 is 2.00 bits per heavy atom. The molecule has 0 aliphatic carbocycles. The number of hydrogen-bond acceptors (Lipinski definition) is 5. The summed E-state index contributed by atoms with van der Waals surface area (Å²) in [7, 11) is 0. The van der Waals surface area contributed by atoms with Crippen molar-refractivity contribution in [2.24, 2.45) is 0 Å². The minimum absolute atomic E-state index is 0.0425. The molecule has 0 atom stereocenters. The highest BCUT2D eigenvalue weighted by Gasteiger charge is 2.57. The lowest BCUT2D eigenvalue weighted by molar-refractivity contribution is -0.811. The molecule has 86 valence electrons. The van der Waals surface area contributed by atoms with Gasteiger partial charge in [0.15, 0.2) is 0 Å². The molecule has 1 N–H and O–H groups in total. The molecule has 0 saturated carbocycles. The van der Waals surface area contributed by atoms with E-state index in [-0.39, 0.29) is 5.56 Å². The zero-order valence-electron chi connectivity index (χ0n) is 8.28. The maximum absolute atomic E-state index is 10.9. The summed E-state index contributed by atoms with van der Waals surface area (Å²) in [6, 6.07) is 7.18. The first-order valence-electron chi connectivity index (χ1n) is 4.51. The maximum Gasteiger partial charge on any atom is 0.486 e. The van der Waals surface area contributed by atoms with Crippen molar-refractivity contribution in [3.05, 3.63) is 56.1 Å². The van der Waals surface area contributed by atoms with Crippen LogP contribution in [0.15, 0.2) is 30.3 Å². The molecule has 1 rings (SSSR count). The molecule has 0 spiro atoms. The lowest BCUT2D eigenvalue weighted by Crippen LogP contribution is -2.44. The molecule has 0 fully saturated rings. The van der Waals surface area contributed by atoms with E-state index in [4.69, 9.17) is 5.11 Å². The number of hydrogen-bond donors (Lipinski definition) is 1. The minimum Gasteiger partial charge on any atom is -0.396 e. The third-order valence-electron chi connectivity index (χ3n) is 2.30. The van der Waals surface area contributed by atoms with Crippen molar-refractivity contribution in [1.29, 1.82) is 0 Å². The van der Waals surface area contributed by atoms with Crippen LogP contribution in [0.5, 0.6) is 0 Å². The summed E-state index contributed by atoms with van der Waals surface area (Å²) in [5.41, 5.74) is -2.50. The van der Waals surface area contributed by atoms with Crippen LogP contribution in [0.4, 0.5) is 0 Å². The fraction of sp³-hybridized carbons (Fsp3) is 0.333. The van der Waals surface area contributed by atoms with Crippen LogP contribution in [0.1, 0.15) is 12.0 Å². The highest BCUT2D eigenvalue weighted by molar-refractivity contribution is 5.19. The van der Waals surface area contributed by atoms with Gasteiger partial charge in [0.25, 0.3) is 0 Å². The van der Waals surface area contributed by atoms with Gasteiger partial charge in [-0.15, -0.1) is 0 Å². The van der Waals surface area contributed by atoms with Crippen molar-refractivity contribution >= 4 is 0 Å². The molecule has 7 heteroatoms. The Bertz CT molecular complexity index is 378. The molecule has 0 saturated heterocycles. The number of nitro groups is 2. The van der Waals surface area contributed by atoms with Gasteiger partial charge in [0.1, 0.15) is 21.8 Å². The largest absolute Gasteiger partial charge is 0.486 e. The van der Waals surface area contributed by atoms with Crippen LogP contribution in [-0.4, -0.2) is 21.6 Å². The van der Waals surface area contributed by atoms with Crippen molar-refractivity contribution in [2.75, 3.05) is 6.61 Å². The predicted molar refractivity (Wildman–Crippen MR) is 53.8 cm³/mol. The second-order valence-electron chi connectivity index (χ2n) is 3.17. The normalized spacial score (nSPS) is 11.1. The van der Waals surface area contributed by atoms with E-state index in [1.54, 1.807) is 6.07 Å². The van der Waals surface area contributed by atoms with E-state index < -0.39 is 28.5 Å². The van der Waals surface area contributed by atoms with E-state index in [2.05, 4.69) is 0 Å². The molecule has 0 radical (unpaired) electrons. The summed E-state index contributed by atoms with van der Waals surface area (Å²) in [5, 5.41) is 30.6. The van der Waals surface area contributed by atoms with E-state index in [0.29, 0.717) is 0 Å². The summed E-state index contributed by atoms with van der Waals surface area (Å²) in [6.45, 7) is -0.628. The first-order chi connectivity index (χ1) is 7.55. The quantitative estimate of drug-likeness (QED) is 0.453. The van der Waals surface area contributed by atoms with Crippen molar-refractivity contribution in [3.8, 4) is 0 Å². The summed E-state index contributed by atoms with van der Waals surface area (Å²) >= 11 is 0. The Hall–Kier alpha value is -2.02. The van der Waals surface area contributed by atoms with E-state index >= 15 is 0 Å². The molecule has 0 aliphatic rings. The third kappa shape index (κ3) is 1.84. The third-order valence-corrected chi connectivity index (χ3v) is 2.30. The smallest absolute Gasteiger partial charge is 0.396 e. The van der Waals surface area contributed by atoms with Crippen LogP contribution >= 0.6 is 0 Å². The van der Waals surface area contributed by atoms with Gasteiger partial charge in [-0.25, -0.2) is 0 Å². The molecule has 0 heterocycles. The Morgan fingerprint density at radius 2 is 1.62 bits per heavy atom. The van der Waals surface area contributed by atoms with Crippen LogP contribution < -0.4 is 0 Å². The Morgan fingerprint density at radius 1 is 1.12 bits per heavy atom. The summed E-state index contributed by atoms with van der Waals surface area (Å²) in [4.78, 5) is 19.9. The number of benzene rings is 1. The minimum atomic E-state index is -2.46. The first kappa shape index (κ1) is 12.1. The number of aliphatic hydroxyl groups excluding tert-OH is 1. The number of aliphatic hydroxyl groups is 1. The number of rotatable bonds is 5. The van der Waals surface area contributed by atoms with Gasteiger partial charge < -0.3 is 5.11 Å². The maximum atomic E-state index is 10.9. The van der Waals surface area contributed by atoms with E-state index in [9.17, 15) is 20.2 Å². The van der Waals surface area contributed by atoms with E-state index in [1.165, 1.54) is 24.3 Å². The van der Waals surface area contributed by atoms with Gasteiger partial charge in [-0.2, -0.15) is 0 Å². The van der Waals surface area contributed by atoms with Crippen molar-refractivity contribution in [3.63, 3.8) is 0 Å². The molecule has 0 aliphatic heterocycles. The average molecular weight is 226 g/mol. The average Bonchev–Trinajstić information content (AvgIpc) is 2.26. The highest BCUT2D eigenvalue weighted by atomic mass is 16.7. The molecule has 0 bridgehead atoms. The van der Waals surface area contributed by atoms with Crippen LogP contribution in [0.2, 0.25) is 0 Å². The standard InChI is InChI=1S/C9H10N2O5/c12-7-6-9(10(13)14,11(15)16)8-4-2-1-3-5-8/h1-5,12H,6-7H2. The molecular formula is C9H10N2O5. The Kier molecular flexibility index (Phi) is 3.51. The topological polar surface area (TPSA) is 107 Å². The molecule has 0 aromatic heterocycles. The van der Waals surface area contributed by atoms with Gasteiger partial charge in [0.05, 0.1) is 6.61 Å². The molecule has 1 aromatic carbocycles. The monoisotopic (exact) mass is 226 g/mol. The van der Waals surface area contributed by atoms with Crippen molar-refractivity contribution < 1.29 is 15.0 Å². The van der Waals surface area contributed by atoms with Crippen LogP contribution in [0.25, 0.3) is 0 Å². The van der Waals surface area contributed by atoms with Crippen molar-refractivity contribution in [2.45, 2.75) is 12.1 Å². The summed E-state index contributed by atoms with van der Waals surface area (Å²) in [6.07, 6.45) is -0.559. The molecule has 0 unspecified atom stereocenters. The lowest BCUT2D eigenvalue weighted by atomic mass is 9.97. The van der Waals surface area contributed by atoms with Crippen LogP contribution in [0.3, 0.4) is 0 Å². The number of nitrogens with zero attached hydrogens (tertiary/aromatic N) is 2. The Labute approximate surface area is 90.6 Å². The molecule has 1 aromatic rings. The molecule has 7 nitrogen and oxygen atoms in total. The lowest BCUT2D eigenvalue weighted by Gasteiger charge is -2.16. The van der Waals surface area contributed by atoms with Gasteiger partial charge >= 0.3 is 5.66 Å². The van der Waals surface area contributed by atoms with Gasteiger partial charge in [0.2, 0.25) is 0 Å². The molecule has 16 heavy (non-hydrogen) atoms. The first-order valence-corrected chi connectivity index (χ1v) is 4.51. The van der Waals surface area contributed by atoms with Gasteiger partial charge in [-0.05, 0) is 12.1 Å². The fourth-order valence-electron chi connectivity index (χ4n) is 1.47. The van der Waals surface area contributed by atoms with Gasteiger partial charge in [0, 0.05) is 0 Å². The van der Waals surface area contributed by atoms with E-state index in [0.717, 1.165) is 0 Å². The highest BCUT2D eigenvalue weighted by Crippen LogP contribution is 2.29. The second kappa shape index (κ2) is 4.67. The zero-order valence-corrected chi connectivity index (χ0v) is 8.28. The van der Waals surface area contributed by atoms with Crippen LogP contribution in [0, 0.1) is 20.2 Å². The molecular weight excluding hydrogens is 216 g/mol. The SMILES string of the molecule is O=[N+]([O-])C(CCO)(c1ccccc1)[N+](=O)[O-]. The molecule has 0 amide bonds. The van der Waals surface area contributed by atoms with E-state index in [1.807, 2.05) is 0 Å². The van der Waals surface area contributed by atoms with Gasteiger partial charge in [-0.1, -0.05) is 18.2 Å². The van der Waals surface area contributed by atoms with Crippen molar-refractivity contribution in [1.82, 2.24) is 0 Å². The van der Waals surface area contributed by atoms with Crippen LogP contribution in [-0.2, 0) is 5.66 Å². The summed E-state index contributed by atoms with van der Waals surface area (Å²) in [5.74, 6) is 0. The zero-order chi connectivity index (χ0) is 12.2. The van der Waals surface area contributed by atoms with Gasteiger partial charge in [-0.3, -0.25) is 20.2 Å². The Balaban J connectivity index is 3.33. The second-order valence-corrected chi connectivity index (χ2v) is 3.17. The predicted octanol–water partition coefficient (Wildman–Crippen LogP) is 0.775. The summed E-state index contributed by atoms with van der Waals surface area (Å²) < 4.78 is 0. The fourth-order valence-corrected chi connectivity index (χ4v) is 1.47.